The molecule has 106 valence electrons. The van der Waals surface area contributed by atoms with Gasteiger partial charge in [0.25, 0.3) is 0 Å². The van der Waals surface area contributed by atoms with E-state index < -0.39 is 11.9 Å². The van der Waals surface area contributed by atoms with E-state index in [1.807, 2.05) is 0 Å². The topological polar surface area (TPSA) is 67.7 Å². The second kappa shape index (κ2) is 5.20. The van der Waals surface area contributed by atoms with Crippen LogP contribution in [0.25, 0.3) is 5.69 Å². The first-order valence-corrected chi connectivity index (χ1v) is 6.71. The predicted octanol–water partition coefficient (Wildman–Crippen LogP) is 2.90. The van der Waals surface area contributed by atoms with Crippen molar-refractivity contribution in [2.24, 2.45) is 5.73 Å². The normalized spacial score (nSPS) is 11.6. The lowest BCUT2D eigenvalue weighted by molar-refractivity contribution is -0.141. The number of hydrogen-bond acceptors (Lipinski definition) is 3. The first-order chi connectivity index (χ1) is 9.34. The molecule has 3 N–H and O–H groups in total. The summed E-state index contributed by atoms with van der Waals surface area (Å²) in [5.74, 6) is -0.214. The summed E-state index contributed by atoms with van der Waals surface area (Å²) < 4.78 is 38.8. The van der Waals surface area contributed by atoms with Gasteiger partial charge in [0, 0.05) is 11.1 Å². The third kappa shape index (κ3) is 2.64. The van der Waals surface area contributed by atoms with Crippen LogP contribution in [0.5, 0.6) is 0 Å². The number of nitrogens with one attached hydrogen (secondary N) is 1. The van der Waals surface area contributed by atoms with Gasteiger partial charge in [-0.1, -0.05) is 6.07 Å². The van der Waals surface area contributed by atoms with Crippen molar-refractivity contribution < 1.29 is 13.2 Å². The van der Waals surface area contributed by atoms with Gasteiger partial charge in [-0.2, -0.15) is 18.3 Å². The molecule has 0 aliphatic carbocycles. The Morgan fingerprint density at radius 1 is 1.35 bits per heavy atom. The molecule has 0 fully saturated rings. The quantitative estimate of drug-likeness (QED) is 0.520. The van der Waals surface area contributed by atoms with Crippen molar-refractivity contribution >= 4 is 17.6 Å². The second-order valence-corrected chi connectivity index (χ2v) is 4.76. The summed E-state index contributed by atoms with van der Waals surface area (Å²) >= 11 is 1.36. The zero-order valence-corrected chi connectivity index (χ0v) is 11.2. The van der Waals surface area contributed by atoms with E-state index in [9.17, 15) is 13.2 Å². The zero-order chi connectivity index (χ0) is 14.9. The third-order valence-corrected chi connectivity index (χ3v) is 3.40. The number of benzene rings is 1. The van der Waals surface area contributed by atoms with Crippen molar-refractivity contribution in [1.82, 2.24) is 9.78 Å². The number of halogens is 3. The second-order valence-electron chi connectivity index (χ2n) is 3.91. The molecule has 1 aromatic carbocycles. The first-order valence-electron chi connectivity index (χ1n) is 5.49. The maximum Gasteiger partial charge on any atom is 0.435 e. The molecular weight excluding hydrogens is 289 g/mol. The summed E-state index contributed by atoms with van der Waals surface area (Å²) in [7, 11) is 0. The van der Waals surface area contributed by atoms with Gasteiger partial charge < -0.3 is 5.73 Å². The van der Waals surface area contributed by atoms with Gasteiger partial charge in [-0.25, -0.2) is 4.68 Å². The molecule has 0 saturated heterocycles. The SMILES string of the molecule is CSc1cccc(-n2ccc(C(F)(F)F)n2)c1C(=N)N. The monoisotopic (exact) mass is 300 g/mol. The fourth-order valence-electron chi connectivity index (χ4n) is 1.76. The molecule has 0 aliphatic heterocycles. The highest BCUT2D eigenvalue weighted by molar-refractivity contribution is 7.98. The Morgan fingerprint density at radius 2 is 2.05 bits per heavy atom. The molecule has 0 spiro atoms. The Labute approximate surface area is 117 Å². The Kier molecular flexibility index (Phi) is 3.76. The van der Waals surface area contributed by atoms with E-state index >= 15 is 0 Å². The van der Waals surface area contributed by atoms with Crippen LogP contribution in [-0.4, -0.2) is 21.9 Å². The summed E-state index contributed by atoms with van der Waals surface area (Å²) in [4.78, 5) is 0.707. The van der Waals surface area contributed by atoms with E-state index in [1.54, 1.807) is 24.5 Å². The van der Waals surface area contributed by atoms with Crippen molar-refractivity contribution in [3.05, 3.63) is 41.7 Å². The van der Waals surface area contributed by atoms with E-state index in [2.05, 4.69) is 5.10 Å². The predicted molar refractivity (Wildman–Crippen MR) is 71.4 cm³/mol. The Balaban J connectivity index is 2.58. The molecule has 0 bridgehead atoms. The highest BCUT2D eigenvalue weighted by Gasteiger charge is 2.33. The molecule has 20 heavy (non-hydrogen) atoms. The van der Waals surface area contributed by atoms with Crippen molar-refractivity contribution in [3.63, 3.8) is 0 Å². The summed E-state index contributed by atoms with van der Waals surface area (Å²) in [6.45, 7) is 0. The number of nitrogens with zero attached hydrogens (tertiary/aromatic N) is 2. The number of nitrogens with two attached hydrogens (primary N) is 1. The largest absolute Gasteiger partial charge is 0.435 e. The van der Waals surface area contributed by atoms with Crippen molar-refractivity contribution in [3.8, 4) is 5.69 Å². The van der Waals surface area contributed by atoms with Crippen LogP contribution >= 0.6 is 11.8 Å². The maximum absolute atomic E-state index is 12.6. The van der Waals surface area contributed by atoms with Crippen LogP contribution in [0.15, 0.2) is 35.4 Å². The molecule has 0 amide bonds. The zero-order valence-electron chi connectivity index (χ0n) is 10.4. The van der Waals surface area contributed by atoms with Crippen LogP contribution in [0, 0.1) is 5.41 Å². The summed E-state index contributed by atoms with van der Waals surface area (Å²) in [6, 6.07) is 5.89. The van der Waals surface area contributed by atoms with Crippen molar-refractivity contribution in [2.75, 3.05) is 6.26 Å². The average Bonchev–Trinajstić information content (AvgIpc) is 2.86. The molecule has 0 atom stereocenters. The number of aromatic nitrogens is 2. The van der Waals surface area contributed by atoms with Gasteiger partial charge in [-0.15, -0.1) is 11.8 Å². The van der Waals surface area contributed by atoms with Gasteiger partial charge in [0.1, 0.15) is 5.84 Å². The van der Waals surface area contributed by atoms with Gasteiger partial charge in [0.15, 0.2) is 5.69 Å². The number of amidine groups is 1. The standard InChI is InChI=1S/C12H11F3N4S/c1-20-8-4-2-3-7(10(8)11(16)17)19-6-5-9(18-19)12(13,14)15/h2-6H,1H3,(H3,16,17). The first kappa shape index (κ1) is 14.4. The van der Waals surface area contributed by atoms with E-state index in [4.69, 9.17) is 11.1 Å². The average molecular weight is 300 g/mol. The molecular formula is C12H11F3N4S. The van der Waals surface area contributed by atoms with E-state index in [-0.39, 0.29) is 5.84 Å². The lowest BCUT2D eigenvalue weighted by atomic mass is 10.1. The fourth-order valence-corrected chi connectivity index (χ4v) is 2.39. The van der Waals surface area contributed by atoms with Crippen LogP contribution in [-0.2, 0) is 6.18 Å². The molecule has 0 aliphatic rings. The maximum atomic E-state index is 12.6. The molecule has 0 radical (unpaired) electrons. The minimum atomic E-state index is -4.50. The van der Waals surface area contributed by atoms with E-state index in [0.717, 1.165) is 10.7 Å². The number of thioether (sulfide) groups is 1. The summed E-state index contributed by atoms with van der Waals surface area (Å²) in [6.07, 6.45) is -1.50. The number of alkyl halides is 3. The molecule has 2 rings (SSSR count). The Bertz CT molecular complexity index is 648. The van der Waals surface area contributed by atoms with Crippen LogP contribution in [0.3, 0.4) is 0 Å². The number of nitrogen functional groups attached to an aromatic ring is 1. The molecule has 1 aromatic heterocycles. The molecule has 2 aromatic rings. The fraction of sp³-hybridized carbons (Fsp3) is 0.167. The third-order valence-electron chi connectivity index (χ3n) is 2.62. The Hall–Kier alpha value is -1.96. The molecule has 8 heteroatoms. The summed E-state index contributed by atoms with van der Waals surface area (Å²) in [5, 5.41) is 11.1. The molecule has 1 heterocycles. The van der Waals surface area contributed by atoms with E-state index in [1.165, 1.54) is 18.0 Å². The highest BCUT2D eigenvalue weighted by atomic mass is 32.2. The smallest absolute Gasteiger partial charge is 0.384 e. The van der Waals surface area contributed by atoms with Gasteiger partial charge in [-0.3, -0.25) is 5.41 Å². The highest BCUT2D eigenvalue weighted by Crippen LogP contribution is 2.30. The van der Waals surface area contributed by atoms with Crippen LogP contribution in [0.4, 0.5) is 13.2 Å². The van der Waals surface area contributed by atoms with Crippen LogP contribution in [0.1, 0.15) is 11.3 Å². The van der Waals surface area contributed by atoms with Crippen molar-refractivity contribution in [1.29, 1.82) is 5.41 Å². The van der Waals surface area contributed by atoms with Gasteiger partial charge in [0.2, 0.25) is 0 Å². The molecule has 0 unspecified atom stereocenters. The number of rotatable bonds is 3. The van der Waals surface area contributed by atoms with Crippen LogP contribution < -0.4 is 5.73 Å². The lowest BCUT2D eigenvalue weighted by Crippen LogP contribution is -2.16. The van der Waals surface area contributed by atoms with Crippen molar-refractivity contribution in [2.45, 2.75) is 11.1 Å². The van der Waals surface area contributed by atoms with Crippen LogP contribution in [0.2, 0.25) is 0 Å². The van der Waals surface area contributed by atoms with Gasteiger partial charge >= 0.3 is 6.18 Å². The number of hydrogen-bond donors (Lipinski definition) is 2. The Morgan fingerprint density at radius 3 is 2.55 bits per heavy atom. The minimum absolute atomic E-state index is 0.214. The molecule has 0 saturated carbocycles. The van der Waals surface area contributed by atoms with Gasteiger partial charge in [0.05, 0.1) is 11.3 Å². The van der Waals surface area contributed by atoms with E-state index in [0.29, 0.717) is 16.1 Å². The minimum Gasteiger partial charge on any atom is -0.384 e. The van der Waals surface area contributed by atoms with Gasteiger partial charge in [-0.05, 0) is 24.5 Å². The lowest BCUT2D eigenvalue weighted by Gasteiger charge is -2.12. The summed E-state index contributed by atoms with van der Waals surface area (Å²) in [5.41, 5.74) is 5.26. The molecule has 4 nitrogen and oxygen atoms in total.